The standard InChI is InChI=1S/C37H37BrN2O9S/c1-6-45-28-16-24(14-15-27(28)49-21-32(41)44-5)34-33(36(43)47-8-3)22(4)39-37-40(34)35(42)31(50-37)18-25-17-29(46-7-2)30(19-26(25)38)48-20-23-12-10-9-11-13-23/h9-19,34H,6-8,20-21H2,1-5H3/b31-18-/t34-/m1/s1. The van der Waals surface area contributed by atoms with Crippen LogP contribution in [-0.4, -0.2) is 50.0 Å². The van der Waals surface area contributed by atoms with Gasteiger partial charge in [0.1, 0.15) is 6.61 Å². The van der Waals surface area contributed by atoms with Crippen molar-refractivity contribution in [3.8, 4) is 23.0 Å². The highest BCUT2D eigenvalue weighted by Gasteiger charge is 2.34. The van der Waals surface area contributed by atoms with E-state index < -0.39 is 18.0 Å². The van der Waals surface area contributed by atoms with Crippen LogP contribution in [0.2, 0.25) is 0 Å². The molecule has 0 amide bonds. The number of aromatic nitrogens is 1. The summed E-state index contributed by atoms with van der Waals surface area (Å²) in [5.41, 5.74) is 2.55. The fraction of sp³-hybridized carbons (Fsp3) is 0.297. The highest BCUT2D eigenvalue weighted by atomic mass is 79.9. The highest BCUT2D eigenvalue weighted by Crippen LogP contribution is 2.37. The minimum atomic E-state index is -0.891. The summed E-state index contributed by atoms with van der Waals surface area (Å²) in [4.78, 5) is 44.6. The van der Waals surface area contributed by atoms with E-state index in [0.29, 0.717) is 73.4 Å². The lowest BCUT2D eigenvalue weighted by Crippen LogP contribution is -2.40. The molecule has 0 N–H and O–H groups in total. The van der Waals surface area contributed by atoms with Crippen LogP contribution in [0, 0.1) is 0 Å². The van der Waals surface area contributed by atoms with Gasteiger partial charge in [-0.2, -0.15) is 0 Å². The Morgan fingerprint density at radius 1 is 0.900 bits per heavy atom. The van der Waals surface area contributed by atoms with E-state index in [1.54, 1.807) is 38.1 Å². The normalized spacial score (nSPS) is 14.0. The molecule has 1 aliphatic rings. The predicted octanol–water partition coefficient (Wildman–Crippen LogP) is 5.49. The monoisotopic (exact) mass is 764 g/mol. The molecule has 11 nitrogen and oxygen atoms in total. The van der Waals surface area contributed by atoms with Crippen LogP contribution in [0.3, 0.4) is 0 Å². The molecule has 4 aromatic rings. The molecule has 0 bridgehead atoms. The number of hydrogen-bond acceptors (Lipinski definition) is 11. The molecule has 0 saturated heterocycles. The summed E-state index contributed by atoms with van der Waals surface area (Å²) >= 11 is 4.85. The summed E-state index contributed by atoms with van der Waals surface area (Å²) in [6, 6.07) is 17.6. The molecule has 0 saturated carbocycles. The van der Waals surface area contributed by atoms with E-state index in [2.05, 4.69) is 20.9 Å². The van der Waals surface area contributed by atoms with Gasteiger partial charge in [-0.05, 0) is 74.7 Å². The number of fused-ring (bicyclic) bond motifs is 1. The van der Waals surface area contributed by atoms with Crippen LogP contribution in [0.1, 0.15) is 50.4 Å². The molecule has 262 valence electrons. The van der Waals surface area contributed by atoms with Crippen molar-refractivity contribution < 1.29 is 38.0 Å². The molecule has 1 aromatic heterocycles. The first-order valence-electron chi connectivity index (χ1n) is 16.0. The van der Waals surface area contributed by atoms with E-state index in [9.17, 15) is 14.4 Å². The zero-order valence-corrected chi connectivity index (χ0v) is 30.7. The number of benzene rings is 3. The van der Waals surface area contributed by atoms with Gasteiger partial charge in [-0.1, -0.05) is 63.7 Å². The van der Waals surface area contributed by atoms with E-state index in [0.717, 1.165) is 5.56 Å². The molecule has 50 heavy (non-hydrogen) atoms. The van der Waals surface area contributed by atoms with Crippen LogP contribution in [0.5, 0.6) is 23.0 Å². The molecule has 0 spiro atoms. The summed E-state index contributed by atoms with van der Waals surface area (Å²) in [5, 5.41) is 0. The van der Waals surface area contributed by atoms with Crippen molar-refractivity contribution in [2.75, 3.05) is 33.5 Å². The molecule has 0 aliphatic carbocycles. The van der Waals surface area contributed by atoms with Crippen LogP contribution in [0.4, 0.5) is 0 Å². The minimum Gasteiger partial charge on any atom is -0.490 e. The number of hydrogen-bond donors (Lipinski definition) is 0. The van der Waals surface area contributed by atoms with Gasteiger partial charge in [0, 0.05) is 4.47 Å². The molecular weight excluding hydrogens is 728 g/mol. The number of carbonyl (C=O) groups excluding carboxylic acids is 2. The molecule has 1 aliphatic heterocycles. The van der Waals surface area contributed by atoms with Gasteiger partial charge >= 0.3 is 11.9 Å². The minimum absolute atomic E-state index is 0.137. The Labute approximate surface area is 301 Å². The quantitative estimate of drug-likeness (QED) is 0.154. The number of nitrogens with zero attached hydrogens (tertiary/aromatic N) is 2. The maximum absolute atomic E-state index is 14.3. The van der Waals surface area contributed by atoms with Crippen LogP contribution in [-0.2, 0) is 25.7 Å². The first-order chi connectivity index (χ1) is 24.2. The second-order valence-electron chi connectivity index (χ2n) is 10.8. The van der Waals surface area contributed by atoms with Gasteiger partial charge in [0.15, 0.2) is 34.4 Å². The summed E-state index contributed by atoms with van der Waals surface area (Å²) in [6.07, 6.45) is 1.76. The van der Waals surface area contributed by atoms with Crippen molar-refractivity contribution in [1.29, 1.82) is 0 Å². The summed E-state index contributed by atoms with van der Waals surface area (Å²) in [5.74, 6) is 0.573. The number of ether oxygens (including phenoxy) is 6. The van der Waals surface area contributed by atoms with Gasteiger partial charge in [0.05, 0.1) is 48.8 Å². The highest BCUT2D eigenvalue weighted by molar-refractivity contribution is 9.10. The number of halogens is 1. The molecule has 0 radical (unpaired) electrons. The van der Waals surface area contributed by atoms with E-state index in [1.807, 2.05) is 56.3 Å². The molecule has 5 rings (SSSR count). The van der Waals surface area contributed by atoms with Crippen molar-refractivity contribution in [1.82, 2.24) is 4.57 Å². The average Bonchev–Trinajstić information content (AvgIpc) is 3.41. The Bertz CT molecular complexity index is 2090. The maximum atomic E-state index is 14.3. The topological polar surface area (TPSA) is 124 Å². The fourth-order valence-electron chi connectivity index (χ4n) is 5.30. The molecule has 3 aromatic carbocycles. The Hall–Kier alpha value is -4.88. The third kappa shape index (κ3) is 8.11. The van der Waals surface area contributed by atoms with Crippen LogP contribution >= 0.6 is 27.3 Å². The lowest BCUT2D eigenvalue weighted by Gasteiger charge is -2.25. The second-order valence-corrected chi connectivity index (χ2v) is 12.7. The van der Waals surface area contributed by atoms with E-state index in [1.165, 1.54) is 23.0 Å². The molecule has 0 unspecified atom stereocenters. The number of carbonyl (C=O) groups is 2. The van der Waals surface area contributed by atoms with Crippen LogP contribution < -0.4 is 33.8 Å². The van der Waals surface area contributed by atoms with Gasteiger partial charge in [-0.25, -0.2) is 14.6 Å². The summed E-state index contributed by atoms with van der Waals surface area (Å²) < 4.78 is 36.2. The van der Waals surface area contributed by atoms with Crippen molar-refractivity contribution in [2.45, 2.75) is 40.3 Å². The number of allylic oxidation sites excluding steroid dienone is 1. The van der Waals surface area contributed by atoms with Crippen molar-refractivity contribution in [3.63, 3.8) is 0 Å². The summed E-state index contributed by atoms with van der Waals surface area (Å²) in [7, 11) is 1.27. The smallest absolute Gasteiger partial charge is 0.343 e. The zero-order valence-electron chi connectivity index (χ0n) is 28.3. The van der Waals surface area contributed by atoms with Crippen molar-refractivity contribution in [2.24, 2.45) is 4.99 Å². The first-order valence-corrected chi connectivity index (χ1v) is 17.6. The van der Waals surface area contributed by atoms with E-state index in [4.69, 9.17) is 28.4 Å². The fourth-order valence-corrected chi connectivity index (χ4v) is 6.78. The van der Waals surface area contributed by atoms with E-state index >= 15 is 0 Å². The lowest BCUT2D eigenvalue weighted by atomic mass is 9.95. The third-order valence-electron chi connectivity index (χ3n) is 7.56. The zero-order chi connectivity index (χ0) is 35.8. The number of thiazole rings is 1. The van der Waals surface area contributed by atoms with Crippen LogP contribution in [0.25, 0.3) is 6.08 Å². The van der Waals surface area contributed by atoms with Crippen molar-refractivity contribution >= 4 is 45.3 Å². The average molecular weight is 766 g/mol. The summed E-state index contributed by atoms with van der Waals surface area (Å²) in [6.45, 7) is 8.02. The van der Waals surface area contributed by atoms with Gasteiger partial charge in [-0.3, -0.25) is 9.36 Å². The molecule has 1 atom stereocenters. The molecule has 2 heterocycles. The van der Waals surface area contributed by atoms with Crippen molar-refractivity contribution in [3.05, 3.63) is 113 Å². The lowest BCUT2D eigenvalue weighted by molar-refractivity contribution is -0.143. The number of rotatable bonds is 14. The largest absolute Gasteiger partial charge is 0.490 e. The van der Waals surface area contributed by atoms with Gasteiger partial charge < -0.3 is 28.4 Å². The van der Waals surface area contributed by atoms with Crippen LogP contribution in [0.15, 0.2) is 86.2 Å². The van der Waals surface area contributed by atoms with E-state index in [-0.39, 0.29) is 24.3 Å². The molecular formula is C37H37BrN2O9S. The Morgan fingerprint density at radius 3 is 2.28 bits per heavy atom. The SMILES string of the molecule is CCOC(=O)C1=C(C)N=c2s/c(=C\c3cc(OCC)c(OCc4ccccc4)cc3Br)c(=O)n2[C@@H]1c1ccc(OCC(=O)OC)c(OCC)c1. The van der Waals surface area contributed by atoms with Gasteiger partial charge in [-0.15, -0.1) is 0 Å². The third-order valence-corrected chi connectivity index (χ3v) is 9.23. The maximum Gasteiger partial charge on any atom is 0.343 e. The number of esters is 2. The Kier molecular flexibility index (Phi) is 12.1. The molecule has 0 fully saturated rings. The van der Waals surface area contributed by atoms with Gasteiger partial charge in [0.25, 0.3) is 5.56 Å². The van der Waals surface area contributed by atoms with Gasteiger partial charge in [0.2, 0.25) is 0 Å². The number of methoxy groups -OCH3 is 1. The first kappa shape index (κ1) is 36.4. The second kappa shape index (κ2) is 16.7. The Balaban J connectivity index is 1.61. The Morgan fingerprint density at radius 2 is 1.60 bits per heavy atom. The molecule has 13 heteroatoms. The predicted molar refractivity (Wildman–Crippen MR) is 192 cm³/mol.